The highest BCUT2D eigenvalue weighted by molar-refractivity contribution is 5.36. The minimum absolute atomic E-state index is 0.201. The van der Waals surface area contributed by atoms with Crippen molar-refractivity contribution in [2.24, 2.45) is 11.1 Å². The van der Waals surface area contributed by atoms with E-state index in [1.54, 1.807) is 0 Å². The summed E-state index contributed by atoms with van der Waals surface area (Å²) in [6.45, 7) is 9.24. The number of rotatable bonds is 0. The van der Waals surface area contributed by atoms with E-state index in [4.69, 9.17) is 5.73 Å². The Hall–Kier alpha value is -0.930. The molecule has 104 valence electrons. The van der Waals surface area contributed by atoms with Crippen molar-refractivity contribution in [2.45, 2.75) is 51.6 Å². The van der Waals surface area contributed by atoms with Gasteiger partial charge in [0.15, 0.2) is 0 Å². The number of likely N-dealkylation sites (tertiary alicyclic amines) is 1. The molecule has 1 aromatic heterocycles. The van der Waals surface area contributed by atoms with Crippen molar-refractivity contribution < 1.29 is 0 Å². The fraction of sp³-hybridized carbons (Fsp3) is 0.688. The van der Waals surface area contributed by atoms with E-state index in [1.165, 1.54) is 37.1 Å². The molecule has 1 atom stereocenters. The first kappa shape index (κ1) is 13.1. The van der Waals surface area contributed by atoms with Crippen LogP contribution in [0, 0.1) is 5.41 Å². The standard InChI is InChI=1S/C16H25N3/c1-15(2,3)19-8-5-16(6-9-19)10-12-11-18-7-4-13(12)14(16)17/h4,7,11,14H,5-6,8-10,17H2,1-3H3/t14-/m1/s1. The van der Waals surface area contributed by atoms with Crippen molar-refractivity contribution in [1.29, 1.82) is 0 Å². The van der Waals surface area contributed by atoms with Crippen molar-refractivity contribution in [1.82, 2.24) is 9.88 Å². The molecule has 0 bridgehead atoms. The molecule has 0 unspecified atom stereocenters. The molecule has 3 heteroatoms. The molecule has 0 aromatic carbocycles. The molecule has 19 heavy (non-hydrogen) atoms. The van der Waals surface area contributed by atoms with Crippen LogP contribution in [-0.2, 0) is 6.42 Å². The first-order valence-electron chi connectivity index (χ1n) is 7.36. The van der Waals surface area contributed by atoms with Crippen molar-refractivity contribution in [3.63, 3.8) is 0 Å². The second kappa shape index (κ2) is 4.29. The number of aromatic nitrogens is 1. The first-order chi connectivity index (χ1) is 8.92. The highest BCUT2D eigenvalue weighted by Crippen LogP contribution is 2.50. The number of nitrogens with zero attached hydrogens (tertiary/aromatic N) is 2. The van der Waals surface area contributed by atoms with Crippen LogP contribution in [0.25, 0.3) is 0 Å². The molecule has 3 rings (SSSR count). The molecular weight excluding hydrogens is 234 g/mol. The molecule has 2 aliphatic rings. The molecule has 0 radical (unpaired) electrons. The van der Waals surface area contributed by atoms with Crippen molar-refractivity contribution in [2.75, 3.05) is 13.1 Å². The van der Waals surface area contributed by atoms with Gasteiger partial charge in [-0.3, -0.25) is 9.88 Å². The van der Waals surface area contributed by atoms with Crippen LogP contribution in [0.5, 0.6) is 0 Å². The molecule has 0 amide bonds. The topological polar surface area (TPSA) is 42.2 Å². The third kappa shape index (κ3) is 2.09. The van der Waals surface area contributed by atoms with Gasteiger partial charge in [0.1, 0.15) is 0 Å². The largest absolute Gasteiger partial charge is 0.323 e. The summed E-state index contributed by atoms with van der Waals surface area (Å²) in [5, 5.41) is 0. The first-order valence-corrected chi connectivity index (χ1v) is 7.36. The van der Waals surface area contributed by atoms with Crippen LogP contribution < -0.4 is 5.73 Å². The third-order valence-corrected chi connectivity index (χ3v) is 5.19. The van der Waals surface area contributed by atoms with Crippen LogP contribution in [0.15, 0.2) is 18.5 Å². The van der Waals surface area contributed by atoms with Gasteiger partial charge in [0.05, 0.1) is 0 Å². The Morgan fingerprint density at radius 3 is 2.58 bits per heavy atom. The Balaban J connectivity index is 1.79. The number of fused-ring (bicyclic) bond motifs is 1. The van der Waals surface area contributed by atoms with Crippen LogP contribution >= 0.6 is 0 Å². The van der Waals surface area contributed by atoms with Crippen LogP contribution in [0.4, 0.5) is 0 Å². The van der Waals surface area contributed by atoms with Gasteiger partial charge < -0.3 is 5.73 Å². The van der Waals surface area contributed by atoms with E-state index in [-0.39, 0.29) is 17.0 Å². The zero-order valence-electron chi connectivity index (χ0n) is 12.3. The maximum Gasteiger partial charge on any atom is 0.0360 e. The Bertz CT molecular complexity index is 467. The van der Waals surface area contributed by atoms with Gasteiger partial charge in [0.2, 0.25) is 0 Å². The average molecular weight is 259 g/mol. The Labute approximate surface area is 116 Å². The smallest absolute Gasteiger partial charge is 0.0360 e. The number of piperidine rings is 1. The summed E-state index contributed by atoms with van der Waals surface area (Å²) in [5.74, 6) is 0. The summed E-state index contributed by atoms with van der Waals surface area (Å²) in [7, 11) is 0. The lowest BCUT2D eigenvalue weighted by atomic mass is 9.72. The van der Waals surface area contributed by atoms with Gasteiger partial charge in [-0.2, -0.15) is 0 Å². The lowest BCUT2D eigenvalue weighted by Gasteiger charge is -2.47. The fourth-order valence-electron chi connectivity index (χ4n) is 3.82. The number of hydrogen-bond donors (Lipinski definition) is 1. The molecule has 0 saturated carbocycles. The molecule has 1 spiro atoms. The third-order valence-electron chi connectivity index (χ3n) is 5.19. The molecule has 2 heterocycles. The summed E-state index contributed by atoms with van der Waals surface area (Å²) in [6.07, 6.45) is 7.43. The fourth-order valence-corrected chi connectivity index (χ4v) is 3.82. The molecular formula is C16H25N3. The summed E-state index contributed by atoms with van der Waals surface area (Å²) in [6, 6.07) is 2.32. The summed E-state index contributed by atoms with van der Waals surface area (Å²) in [5.41, 5.74) is 9.83. The lowest BCUT2D eigenvalue weighted by molar-refractivity contribution is 0.0345. The normalized spacial score (nSPS) is 26.6. The SMILES string of the molecule is CC(C)(C)N1CCC2(CC1)Cc1cnccc1[C@H]2N. The van der Waals surface area contributed by atoms with Gasteiger partial charge in [-0.1, -0.05) is 0 Å². The lowest BCUT2D eigenvalue weighted by Crippen LogP contribution is -2.50. The number of pyridine rings is 1. The molecule has 2 N–H and O–H groups in total. The van der Waals surface area contributed by atoms with Crippen molar-refractivity contribution >= 4 is 0 Å². The van der Waals surface area contributed by atoms with Crippen LogP contribution in [0.1, 0.15) is 50.8 Å². The predicted octanol–water partition coefficient (Wildman–Crippen LogP) is 2.52. The zero-order chi connectivity index (χ0) is 13.7. The highest BCUT2D eigenvalue weighted by atomic mass is 15.2. The summed E-state index contributed by atoms with van der Waals surface area (Å²) in [4.78, 5) is 6.85. The Kier molecular flexibility index (Phi) is 2.95. The minimum atomic E-state index is 0.201. The van der Waals surface area contributed by atoms with Gasteiger partial charge in [0.25, 0.3) is 0 Å². The summed E-state index contributed by atoms with van der Waals surface area (Å²) >= 11 is 0. The number of nitrogens with two attached hydrogens (primary N) is 1. The Morgan fingerprint density at radius 1 is 1.32 bits per heavy atom. The van der Waals surface area contributed by atoms with Gasteiger partial charge in [0, 0.05) is 24.0 Å². The van der Waals surface area contributed by atoms with Gasteiger partial charge >= 0.3 is 0 Å². The van der Waals surface area contributed by atoms with E-state index < -0.39 is 0 Å². The molecule has 1 fully saturated rings. The quantitative estimate of drug-likeness (QED) is 0.778. The maximum absolute atomic E-state index is 6.56. The zero-order valence-corrected chi connectivity index (χ0v) is 12.3. The van der Waals surface area contributed by atoms with Crippen molar-refractivity contribution in [3.05, 3.63) is 29.6 Å². The molecule has 1 aliphatic heterocycles. The van der Waals surface area contributed by atoms with Gasteiger partial charge in [-0.15, -0.1) is 0 Å². The second-order valence-corrected chi connectivity index (χ2v) is 7.25. The molecule has 1 aliphatic carbocycles. The molecule has 1 saturated heterocycles. The van der Waals surface area contributed by atoms with Gasteiger partial charge in [-0.25, -0.2) is 0 Å². The van der Waals surface area contributed by atoms with Crippen LogP contribution in [0.2, 0.25) is 0 Å². The van der Waals surface area contributed by atoms with E-state index in [0.29, 0.717) is 0 Å². The second-order valence-electron chi connectivity index (χ2n) is 7.25. The molecule has 1 aromatic rings. The van der Waals surface area contributed by atoms with E-state index in [1.807, 2.05) is 12.4 Å². The number of hydrogen-bond acceptors (Lipinski definition) is 3. The monoisotopic (exact) mass is 259 g/mol. The molecule has 3 nitrogen and oxygen atoms in total. The van der Waals surface area contributed by atoms with Crippen molar-refractivity contribution in [3.8, 4) is 0 Å². The van der Waals surface area contributed by atoms with E-state index >= 15 is 0 Å². The minimum Gasteiger partial charge on any atom is -0.323 e. The van der Waals surface area contributed by atoms with Gasteiger partial charge in [-0.05, 0) is 75.7 Å². The average Bonchev–Trinajstić information content (AvgIpc) is 2.63. The van der Waals surface area contributed by atoms with Crippen LogP contribution in [0.3, 0.4) is 0 Å². The van der Waals surface area contributed by atoms with E-state index in [2.05, 4.69) is 36.7 Å². The van der Waals surface area contributed by atoms with E-state index in [9.17, 15) is 0 Å². The Morgan fingerprint density at radius 2 is 2.00 bits per heavy atom. The van der Waals surface area contributed by atoms with E-state index in [0.717, 1.165) is 6.42 Å². The van der Waals surface area contributed by atoms with Crippen LogP contribution in [-0.4, -0.2) is 28.5 Å². The maximum atomic E-state index is 6.56. The highest BCUT2D eigenvalue weighted by Gasteiger charge is 2.46. The predicted molar refractivity (Wildman–Crippen MR) is 77.9 cm³/mol. The summed E-state index contributed by atoms with van der Waals surface area (Å²) < 4.78 is 0.